The lowest BCUT2D eigenvalue weighted by molar-refractivity contribution is 0.0697. The van der Waals surface area contributed by atoms with Crippen LogP contribution in [0.15, 0.2) is 73.1 Å². The second-order valence-electron chi connectivity index (χ2n) is 5.84. The number of hydrogen-bond acceptors (Lipinski definition) is 4. The zero-order valence-electron chi connectivity index (χ0n) is 13.8. The third kappa shape index (κ3) is 3.00. The van der Waals surface area contributed by atoms with Gasteiger partial charge in [-0.2, -0.15) is 9.89 Å². The van der Waals surface area contributed by atoms with Crippen LogP contribution in [-0.4, -0.2) is 25.9 Å². The van der Waals surface area contributed by atoms with Crippen LogP contribution in [0.25, 0.3) is 22.2 Å². The van der Waals surface area contributed by atoms with Crippen LogP contribution in [0.3, 0.4) is 0 Å². The van der Waals surface area contributed by atoms with Crippen molar-refractivity contribution in [2.45, 2.75) is 6.54 Å². The van der Waals surface area contributed by atoms with Crippen molar-refractivity contribution in [2.24, 2.45) is 0 Å². The highest BCUT2D eigenvalue weighted by atomic mass is 16.4. The van der Waals surface area contributed by atoms with Gasteiger partial charge in [0, 0.05) is 17.1 Å². The minimum absolute atomic E-state index is 0.257. The number of pyridine rings is 1. The quantitative estimate of drug-likeness (QED) is 0.579. The van der Waals surface area contributed by atoms with E-state index < -0.39 is 5.97 Å². The van der Waals surface area contributed by atoms with Crippen molar-refractivity contribution in [1.82, 2.24) is 14.9 Å². The lowest BCUT2D eigenvalue weighted by Crippen LogP contribution is -2.16. The molecule has 2 N–H and O–H groups in total. The Hall–Kier alpha value is -3.67. The summed E-state index contributed by atoms with van der Waals surface area (Å²) in [6.07, 6.45) is 3.55. The highest BCUT2D eigenvalue weighted by molar-refractivity contribution is 5.88. The van der Waals surface area contributed by atoms with Gasteiger partial charge in [-0.25, -0.2) is 4.79 Å². The smallest absolute Gasteiger partial charge is 0.335 e. The summed E-state index contributed by atoms with van der Waals surface area (Å²) in [5.74, 6) is -0.940. The van der Waals surface area contributed by atoms with Crippen molar-refractivity contribution in [3.63, 3.8) is 0 Å². The number of nitrogens with zero attached hydrogens (tertiary/aromatic N) is 3. The predicted octanol–water partition coefficient (Wildman–Crippen LogP) is 3.54. The molecule has 0 saturated carbocycles. The van der Waals surface area contributed by atoms with Gasteiger partial charge in [-0.05, 0) is 29.8 Å². The first-order chi connectivity index (χ1) is 12.7. The molecule has 0 radical (unpaired) electrons. The van der Waals surface area contributed by atoms with Gasteiger partial charge in [-0.15, -0.1) is 0 Å². The van der Waals surface area contributed by atoms with Crippen molar-refractivity contribution in [1.29, 1.82) is 0 Å². The largest absolute Gasteiger partial charge is 0.478 e. The van der Waals surface area contributed by atoms with E-state index in [-0.39, 0.29) is 5.56 Å². The highest BCUT2D eigenvalue weighted by Gasteiger charge is 2.09. The van der Waals surface area contributed by atoms with E-state index in [4.69, 9.17) is 5.11 Å². The van der Waals surface area contributed by atoms with Crippen LogP contribution in [0.5, 0.6) is 0 Å². The minimum atomic E-state index is -0.940. The average Bonchev–Trinajstić information content (AvgIpc) is 3.10. The molecule has 0 atom stereocenters. The van der Waals surface area contributed by atoms with Crippen molar-refractivity contribution in [3.8, 4) is 11.3 Å². The van der Waals surface area contributed by atoms with Crippen LogP contribution in [0, 0.1) is 0 Å². The zero-order chi connectivity index (χ0) is 17.9. The number of benzene rings is 2. The van der Waals surface area contributed by atoms with Crippen molar-refractivity contribution >= 4 is 16.9 Å². The number of aromatic carboxylic acids is 1. The van der Waals surface area contributed by atoms with Crippen LogP contribution < -0.4 is 5.43 Å². The standard InChI is InChI=1S/C20H16N4O2/c25-20(26)15-9-7-14(8-10-15)19-17(5-3-11-21-19)13-23-24-18-6-2-1-4-16(18)12-22-24/h1-12,23H,13H2,(H,25,26). The molecule has 4 aromatic rings. The molecule has 0 saturated heterocycles. The summed E-state index contributed by atoms with van der Waals surface area (Å²) in [4.78, 5) is 17.2. The maximum absolute atomic E-state index is 11.0. The van der Waals surface area contributed by atoms with Gasteiger partial charge < -0.3 is 10.5 Å². The van der Waals surface area contributed by atoms with Crippen LogP contribution >= 0.6 is 0 Å². The van der Waals surface area contributed by atoms with Gasteiger partial charge in [0.05, 0.1) is 29.5 Å². The Labute approximate surface area is 149 Å². The summed E-state index contributed by atoms with van der Waals surface area (Å²) >= 11 is 0. The molecule has 0 amide bonds. The van der Waals surface area contributed by atoms with Gasteiger partial charge >= 0.3 is 5.97 Å². The Morgan fingerprint density at radius 3 is 2.65 bits per heavy atom. The van der Waals surface area contributed by atoms with Gasteiger partial charge in [0.15, 0.2) is 0 Å². The molecule has 2 aromatic heterocycles. The van der Waals surface area contributed by atoms with Crippen LogP contribution in [-0.2, 0) is 6.54 Å². The van der Waals surface area contributed by atoms with Gasteiger partial charge in [0.25, 0.3) is 0 Å². The molecule has 0 unspecified atom stereocenters. The fraction of sp³-hybridized carbons (Fsp3) is 0.0500. The number of para-hydroxylation sites is 1. The minimum Gasteiger partial charge on any atom is -0.478 e. The number of aromatic nitrogens is 3. The van der Waals surface area contributed by atoms with Gasteiger partial charge in [0.1, 0.15) is 0 Å². The summed E-state index contributed by atoms with van der Waals surface area (Å²) in [5.41, 5.74) is 7.24. The summed E-state index contributed by atoms with van der Waals surface area (Å²) in [6.45, 7) is 0.537. The van der Waals surface area contributed by atoms with Gasteiger partial charge in [-0.1, -0.05) is 36.4 Å². The molecule has 0 bridgehead atoms. The first-order valence-corrected chi connectivity index (χ1v) is 8.16. The molecule has 0 aliphatic rings. The monoisotopic (exact) mass is 344 g/mol. The molecule has 4 rings (SSSR count). The van der Waals surface area contributed by atoms with E-state index in [2.05, 4.69) is 15.5 Å². The predicted molar refractivity (Wildman–Crippen MR) is 99.4 cm³/mol. The Kier molecular flexibility index (Phi) is 4.07. The van der Waals surface area contributed by atoms with Crippen LogP contribution in [0.4, 0.5) is 0 Å². The summed E-state index contributed by atoms with van der Waals surface area (Å²) in [5, 5.41) is 14.5. The number of carboxylic acids is 1. The maximum atomic E-state index is 11.0. The lowest BCUT2D eigenvalue weighted by Gasteiger charge is -2.11. The number of hydrogen-bond donors (Lipinski definition) is 2. The second kappa shape index (κ2) is 6.68. The Morgan fingerprint density at radius 2 is 1.85 bits per heavy atom. The first-order valence-electron chi connectivity index (χ1n) is 8.16. The van der Waals surface area contributed by atoms with E-state index in [1.807, 2.05) is 42.6 Å². The fourth-order valence-electron chi connectivity index (χ4n) is 2.87. The van der Waals surface area contributed by atoms with Crippen molar-refractivity contribution in [3.05, 3.63) is 84.2 Å². The average molecular weight is 344 g/mol. The number of nitrogens with one attached hydrogen (secondary N) is 1. The van der Waals surface area contributed by atoms with Gasteiger partial charge in [-0.3, -0.25) is 4.98 Å². The lowest BCUT2D eigenvalue weighted by atomic mass is 10.0. The third-order valence-electron chi connectivity index (χ3n) is 4.19. The molecule has 0 aliphatic heterocycles. The Bertz CT molecular complexity index is 1070. The molecule has 0 spiro atoms. The SMILES string of the molecule is O=C(O)c1ccc(-c2ncccc2CNn2ncc3ccccc32)cc1. The topological polar surface area (TPSA) is 80.0 Å². The summed E-state index contributed by atoms with van der Waals surface area (Å²) in [6, 6.07) is 18.6. The molecule has 2 aromatic carbocycles. The van der Waals surface area contributed by atoms with Crippen LogP contribution in [0.1, 0.15) is 15.9 Å². The van der Waals surface area contributed by atoms with E-state index in [0.717, 1.165) is 27.7 Å². The van der Waals surface area contributed by atoms with Crippen LogP contribution in [0.2, 0.25) is 0 Å². The van der Waals surface area contributed by atoms with E-state index in [1.54, 1.807) is 35.3 Å². The fourth-order valence-corrected chi connectivity index (χ4v) is 2.87. The third-order valence-corrected chi connectivity index (χ3v) is 4.19. The molecule has 6 heteroatoms. The molecular weight excluding hydrogens is 328 g/mol. The normalized spacial score (nSPS) is 10.8. The molecule has 6 nitrogen and oxygen atoms in total. The molecule has 0 fully saturated rings. The van der Waals surface area contributed by atoms with E-state index >= 15 is 0 Å². The number of fused-ring (bicyclic) bond motifs is 1. The van der Waals surface area contributed by atoms with Crippen molar-refractivity contribution < 1.29 is 9.90 Å². The molecular formula is C20H16N4O2. The Balaban J connectivity index is 1.60. The molecule has 128 valence electrons. The molecule has 26 heavy (non-hydrogen) atoms. The van der Waals surface area contributed by atoms with E-state index in [0.29, 0.717) is 6.54 Å². The van der Waals surface area contributed by atoms with Crippen molar-refractivity contribution in [2.75, 3.05) is 5.43 Å². The molecule has 2 heterocycles. The zero-order valence-corrected chi connectivity index (χ0v) is 13.8. The number of rotatable bonds is 5. The number of carbonyl (C=O) groups is 1. The summed E-state index contributed by atoms with van der Waals surface area (Å²) < 4.78 is 0. The van der Waals surface area contributed by atoms with E-state index in [1.165, 1.54) is 0 Å². The first kappa shape index (κ1) is 15.8. The summed E-state index contributed by atoms with van der Waals surface area (Å²) in [7, 11) is 0. The van der Waals surface area contributed by atoms with Gasteiger partial charge in [0.2, 0.25) is 0 Å². The maximum Gasteiger partial charge on any atom is 0.335 e. The highest BCUT2D eigenvalue weighted by Crippen LogP contribution is 2.22. The second-order valence-corrected chi connectivity index (χ2v) is 5.84. The molecule has 0 aliphatic carbocycles. The Morgan fingerprint density at radius 1 is 1.04 bits per heavy atom. The number of carboxylic acid groups (broad SMARTS) is 1. The van der Waals surface area contributed by atoms with E-state index in [9.17, 15) is 4.79 Å².